The fraction of sp³-hybridized carbons (Fsp3) is 0.600. The van der Waals surface area contributed by atoms with E-state index in [0.29, 0.717) is 5.92 Å². The number of alkyl halides is 3. The van der Waals surface area contributed by atoms with Crippen molar-refractivity contribution in [1.82, 2.24) is 5.32 Å². The molecule has 108 valence electrons. The molecule has 0 saturated carbocycles. The lowest BCUT2D eigenvalue weighted by molar-refractivity contribution is -0.137. The van der Waals surface area contributed by atoms with Crippen LogP contribution in [0.5, 0.6) is 0 Å². The molecule has 0 spiro atoms. The van der Waals surface area contributed by atoms with E-state index in [-0.39, 0.29) is 6.04 Å². The van der Waals surface area contributed by atoms with Gasteiger partial charge in [-0.25, -0.2) is 0 Å². The maximum atomic E-state index is 12.4. The van der Waals surface area contributed by atoms with Gasteiger partial charge in [0, 0.05) is 6.04 Å². The van der Waals surface area contributed by atoms with Crippen LogP contribution in [0.1, 0.15) is 50.8 Å². The molecule has 0 aliphatic carbocycles. The SMILES string of the molecule is CCCC(C)CNC(C)c1ccc(C(F)(F)F)cc1. The second-order valence-corrected chi connectivity index (χ2v) is 5.14. The van der Waals surface area contributed by atoms with E-state index in [0.717, 1.165) is 37.1 Å². The summed E-state index contributed by atoms with van der Waals surface area (Å²) in [6.45, 7) is 7.18. The lowest BCUT2D eigenvalue weighted by Gasteiger charge is -2.18. The largest absolute Gasteiger partial charge is 0.416 e. The molecule has 1 aromatic rings. The first-order chi connectivity index (χ1) is 8.84. The van der Waals surface area contributed by atoms with Gasteiger partial charge < -0.3 is 5.32 Å². The Hall–Kier alpha value is -1.03. The Bertz CT molecular complexity index is 370. The number of hydrogen-bond donors (Lipinski definition) is 1. The molecule has 0 radical (unpaired) electrons. The predicted octanol–water partition coefficient (Wildman–Crippen LogP) is 4.79. The van der Waals surface area contributed by atoms with E-state index >= 15 is 0 Å². The first-order valence-corrected chi connectivity index (χ1v) is 6.75. The number of nitrogens with one attached hydrogen (secondary N) is 1. The zero-order valence-corrected chi connectivity index (χ0v) is 11.7. The van der Waals surface area contributed by atoms with Gasteiger partial charge in [-0.2, -0.15) is 13.2 Å². The monoisotopic (exact) mass is 273 g/mol. The molecule has 19 heavy (non-hydrogen) atoms. The van der Waals surface area contributed by atoms with E-state index in [1.165, 1.54) is 0 Å². The van der Waals surface area contributed by atoms with Crippen LogP contribution in [0.25, 0.3) is 0 Å². The summed E-state index contributed by atoms with van der Waals surface area (Å²) in [6.07, 6.45) is -1.95. The van der Waals surface area contributed by atoms with Crippen molar-refractivity contribution in [3.05, 3.63) is 35.4 Å². The van der Waals surface area contributed by atoms with E-state index < -0.39 is 11.7 Å². The van der Waals surface area contributed by atoms with E-state index in [1.54, 1.807) is 12.1 Å². The van der Waals surface area contributed by atoms with Gasteiger partial charge in [-0.3, -0.25) is 0 Å². The number of benzene rings is 1. The second-order valence-electron chi connectivity index (χ2n) is 5.14. The van der Waals surface area contributed by atoms with Crippen LogP contribution < -0.4 is 5.32 Å². The summed E-state index contributed by atoms with van der Waals surface area (Å²) in [5.74, 6) is 0.585. The molecule has 0 heterocycles. The fourth-order valence-corrected chi connectivity index (χ4v) is 2.05. The van der Waals surface area contributed by atoms with Gasteiger partial charge in [0.1, 0.15) is 0 Å². The van der Waals surface area contributed by atoms with Crippen molar-refractivity contribution in [2.45, 2.75) is 45.8 Å². The Balaban J connectivity index is 2.56. The van der Waals surface area contributed by atoms with Crippen molar-refractivity contribution < 1.29 is 13.2 Å². The van der Waals surface area contributed by atoms with E-state index in [9.17, 15) is 13.2 Å². The molecule has 0 aromatic heterocycles. The summed E-state index contributed by atoms with van der Waals surface area (Å²) >= 11 is 0. The lowest BCUT2D eigenvalue weighted by Crippen LogP contribution is -2.24. The van der Waals surface area contributed by atoms with Gasteiger partial charge >= 0.3 is 6.18 Å². The summed E-state index contributed by atoms with van der Waals surface area (Å²) < 4.78 is 37.3. The minimum absolute atomic E-state index is 0.0709. The minimum Gasteiger partial charge on any atom is -0.310 e. The van der Waals surface area contributed by atoms with E-state index in [1.807, 2.05) is 6.92 Å². The zero-order valence-electron chi connectivity index (χ0n) is 11.7. The van der Waals surface area contributed by atoms with Crippen LogP contribution in [-0.2, 0) is 6.18 Å². The van der Waals surface area contributed by atoms with Crippen molar-refractivity contribution in [3.63, 3.8) is 0 Å². The molecule has 0 saturated heterocycles. The lowest BCUT2D eigenvalue weighted by atomic mass is 10.0. The highest BCUT2D eigenvalue weighted by Gasteiger charge is 2.30. The van der Waals surface area contributed by atoms with Gasteiger partial charge in [0.25, 0.3) is 0 Å². The third-order valence-electron chi connectivity index (χ3n) is 3.29. The zero-order chi connectivity index (χ0) is 14.5. The third kappa shape index (κ3) is 5.23. The maximum absolute atomic E-state index is 12.4. The molecule has 4 heteroatoms. The standard InChI is InChI=1S/C15H22F3N/c1-4-5-11(2)10-19-12(3)13-6-8-14(9-7-13)15(16,17)18/h6-9,11-12,19H,4-5,10H2,1-3H3. The summed E-state index contributed by atoms with van der Waals surface area (Å²) in [5, 5.41) is 3.36. The average molecular weight is 273 g/mol. The predicted molar refractivity (Wildman–Crippen MR) is 71.9 cm³/mol. The van der Waals surface area contributed by atoms with Crippen LogP contribution in [0.3, 0.4) is 0 Å². The summed E-state index contributed by atoms with van der Waals surface area (Å²) in [5.41, 5.74) is 0.291. The Labute approximate surface area is 113 Å². The molecular formula is C15H22F3N. The van der Waals surface area contributed by atoms with Crippen LogP contribution >= 0.6 is 0 Å². The normalized spacial score (nSPS) is 15.3. The Morgan fingerprint density at radius 3 is 2.16 bits per heavy atom. The molecule has 1 aromatic carbocycles. The smallest absolute Gasteiger partial charge is 0.310 e. The number of hydrogen-bond acceptors (Lipinski definition) is 1. The highest BCUT2D eigenvalue weighted by molar-refractivity contribution is 5.26. The molecule has 2 atom stereocenters. The molecule has 0 aliphatic heterocycles. The average Bonchev–Trinajstić information content (AvgIpc) is 2.35. The first-order valence-electron chi connectivity index (χ1n) is 6.75. The Kier molecular flexibility index (Phi) is 5.85. The highest BCUT2D eigenvalue weighted by Crippen LogP contribution is 2.29. The van der Waals surface area contributed by atoms with Gasteiger partial charge in [0.15, 0.2) is 0 Å². The first kappa shape index (κ1) is 16.0. The van der Waals surface area contributed by atoms with Crippen LogP contribution in [0, 0.1) is 5.92 Å². The van der Waals surface area contributed by atoms with Crippen LogP contribution in [0.2, 0.25) is 0 Å². The van der Waals surface area contributed by atoms with Crippen molar-refractivity contribution in [1.29, 1.82) is 0 Å². The van der Waals surface area contributed by atoms with E-state index in [4.69, 9.17) is 0 Å². The molecule has 0 aliphatic rings. The molecule has 0 fully saturated rings. The van der Waals surface area contributed by atoms with Crippen LogP contribution in [0.15, 0.2) is 24.3 Å². The topological polar surface area (TPSA) is 12.0 Å². The van der Waals surface area contributed by atoms with Crippen LogP contribution in [-0.4, -0.2) is 6.54 Å². The summed E-state index contributed by atoms with van der Waals surface area (Å²) in [4.78, 5) is 0. The molecule has 2 unspecified atom stereocenters. The highest BCUT2D eigenvalue weighted by atomic mass is 19.4. The second kappa shape index (κ2) is 6.94. The van der Waals surface area contributed by atoms with Gasteiger partial charge in [-0.1, -0.05) is 32.4 Å². The van der Waals surface area contributed by atoms with Gasteiger partial charge in [-0.15, -0.1) is 0 Å². The quantitative estimate of drug-likeness (QED) is 0.785. The maximum Gasteiger partial charge on any atom is 0.416 e. The molecule has 1 nitrogen and oxygen atoms in total. The van der Waals surface area contributed by atoms with Crippen molar-refractivity contribution >= 4 is 0 Å². The van der Waals surface area contributed by atoms with Crippen molar-refractivity contribution in [2.24, 2.45) is 5.92 Å². The Morgan fingerprint density at radius 2 is 1.68 bits per heavy atom. The van der Waals surface area contributed by atoms with Gasteiger partial charge in [-0.05, 0) is 43.5 Å². The minimum atomic E-state index is -4.26. The number of halogens is 3. The van der Waals surface area contributed by atoms with E-state index in [2.05, 4.69) is 19.2 Å². The summed E-state index contributed by atoms with van der Waals surface area (Å²) in [6, 6.07) is 5.45. The number of rotatable bonds is 6. The third-order valence-corrected chi connectivity index (χ3v) is 3.29. The van der Waals surface area contributed by atoms with Crippen molar-refractivity contribution in [2.75, 3.05) is 6.54 Å². The Morgan fingerprint density at radius 1 is 1.11 bits per heavy atom. The molecule has 0 bridgehead atoms. The molecule has 1 N–H and O–H groups in total. The van der Waals surface area contributed by atoms with Gasteiger partial charge in [0.05, 0.1) is 5.56 Å². The molecular weight excluding hydrogens is 251 g/mol. The summed E-state index contributed by atoms with van der Waals surface area (Å²) in [7, 11) is 0. The van der Waals surface area contributed by atoms with Crippen molar-refractivity contribution in [3.8, 4) is 0 Å². The van der Waals surface area contributed by atoms with Crippen LogP contribution in [0.4, 0.5) is 13.2 Å². The fourth-order valence-electron chi connectivity index (χ4n) is 2.05. The molecule has 0 amide bonds. The molecule has 1 rings (SSSR count). The van der Waals surface area contributed by atoms with Gasteiger partial charge in [0.2, 0.25) is 0 Å².